The number of hydrogen-bond donors (Lipinski definition) is 1. The highest BCUT2D eigenvalue weighted by Crippen LogP contribution is 2.37. The molecule has 1 fully saturated rings. The smallest absolute Gasteiger partial charge is 0.338 e. The van der Waals surface area contributed by atoms with Crippen LogP contribution in [-0.2, 0) is 35.3 Å². The second kappa shape index (κ2) is 12.0. The number of esters is 2. The monoisotopic (exact) mass is 628 g/mol. The number of methoxy groups -OCH3 is 1. The minimum atomic E-state index is -3.10. The molecule has 0 amide bonds. The Kier molecular flexibility index (Phi) is 8.96. The van der Waals surface area contributed by atoms with Gasteiger partial charge in [-0.25, -0.2) is 22.6 Å². The van der Waals surface area contributed by atoms with Crippen molar-refractivity contribution >= 4 is 54.9 Å². The van der Waals surface area contributed by atoms with E-state index >= 15 is 0 Å². The summed E-state index contributed by atoms with van der Waals surface area (Å²) in [6.45, 7) is 2.68. The molecule has 2 aliphatic rings. The van der Waals surface area contributed by atoms with Gasteiger partial charge in [0.2, 0.25) is 0 Å². The first-order chi connectivity index (χ1) is 18.1. The molecule has 2 aromatic rings. The highest BCUT2D eigenvalue weighted by Gasteiger charge is 2.35. The summed E-state index contributed by atoms with van der Waals surface area (Å²) in [5.74, 6) is -1.08. The van der Waals surface area contributed by atoms with Gasteiger partial charge in [0.25, 0.3) is 0 Å². The van der Waals surface area contributed by atoms with Gasteiger partial charge in [-0.05, 0) is 24.6 Å². The average molecular weight is 630 g/mol. The number of aliphatic imine (C=N–C) groups is 1. The number of carbonyl (C=O) groups excluding carboxylic acids is 2. The van der Waals surface area contributed by atoms with E-state index < -0.39 is 33.6 Å². The molecule has 4 rings (SSSR count). The third-order valence-electron chi connectivity index (χ3n) is 6.00. The molecule has 10 nitrogen and oxygen atoms in total. The van der Waals surface area contributed by atoms with Crippen molar-refractivity contribution in [3.05, 3.63) is 61.4 Å². The van der Waals surface area contributed by atoms with Gasteiger partial charge in [0.05, 0.1) is 42.9 Å². The normalized spacial score (nSPS) is 19.5. The van der Waals surface area contributed by atoms with Crippen LogP contribution in [0.1, 0.15) is 29.2 Å². The third kappa shape index (κ3) is 6.65. The van der Waals surface area contributed by atoms with Crippen molar-refractivity contribution in [1.29, 1.82) is 0 Å². The molecule has 0 spiro atoms. The molecule has 14 heteroatoms. The van der Waals surface area contributed by atoms with Crippen LogP contribution in [0, 0.1) is 5.82 Å². The van der Waals surface area contributed by atoms with Gasteiger partial charge in [-0.3, -0.25) is 14.7 Å². The number of hydrogen-bond acceptors (Lipinski definition) is 11. The molecule has 38 heavy (non-hydrogen) atoms. The number of ether oxygens (including phenoxy) is 2. The van der Waals surface area contributed by atoms with E-state index in [0.717, 1.165) is 0 Å². The maximum Gasteiger partial charge on any atom is 0.338 e. The number of benzene rings is 1. The lowest BCUT2D eigenvalue weighted by molar-refractivity contribution is -0.140. The van der Waals surface area contributed by atoms with E-state index in [-0.39, 0.29) is 36.7 Å². The first kappa shape index (κ1) is 28.3. The van der Waals surface area contributed by atoms with Gasteiger partial charge in [0.1, 0.15) is 11.9 Å². The molecule has 1 unspecified atom stereocenters. The first-order valence-electron chi connectivity index (χ1n) is 11.7. The molecule has 0 radical (unpaired) electrons. The SMILES string of the molecule is CCOC(=O)C1=C(CN2CCS(=O)(=O)CC2)NC(c2nc(CC(=O)OC)cs2)=NC1c1ccc(F)cc1Br. The van der Waals surface area contributed by atoms with Crippen LogP contribution in [0.25, 0.3) is 0 Å². The van der Waals surface area contributed by atoms with Crippen LogP contribution < -0.4 is 5.32 Å². The summed E-state index contributed by atoms with van der Waals surface area (Å²) in [4.78, 5) is 36.2. The Hall–Kier alpha value is -2.68. The van der Waals surface area contributed by atoms with Crippen LogP contribution in [-0.4, -0.2) is 80.9 Å². The summed E-state index contributed by atoms with van der Waals surface area (Å²) in [7, 11) is -1.80. The van der Waals surface area contributed by atoms with Gasteiger partial charge in [0, 0.05) is 35.2 Å². The fraction of sp³-hybridized carbons (Fsp3) is 0.417. The van der Waals surface area contributed by atoms with Crippen molar-refractivity contribution in [3.8, 4) is 0 Å². The van der Waals surface area contributed by atoms with E-state index in [1.807, 2.05) is 4.90 Å². The van der Waals surface area contributed by atoms with E-state index in [1.54, 1.807) is 18.4 Å². The molecule has 1 saturated heterocycles. The molecule has 1 aromatic heterocycles. The molecule has 204 valence electrons. The minimum Gasteiger partial charge on any atom is -0.469 e. The molecule has 0 aliphatic carbocycles. The van der Waals surface area contributed by atoms with Crippen molar-refractivity contribution in [1.82, 2.24) is 15.2 Å². The van der Waals surface area contributed by atoms with Crippen LogP contribution >= 0.6 is 27.3 Å². The maximum absolute atomic E-state index is 13.9. The topological polar surface area (TPSA) is 127 Å². The predicted molar refractivity (Wildman–Crippen MR) is 143 cm³/mol. The lowest BCUT2D eigenvalue weighted by Crippen LogP contribution is -2.45. The molecule has 0 bridgehead atoms. The lowest BCUT2D eigenvalue weighted by Gasteiger charge is -2.32. The summed E-state index contributed by atoms with van der Waals surface area (Å²) in [5, 5.41) is 5.42. The Morgan fingerprint density at radius 1 is 1.29 bits per heavy atom. The van der Waals surface area contributed by atoms with E-state index in [2.05, 4.69) is 26.2 Å². The molecule has 2 aliphatic heterocycles. The second-order valence-corrected chi connectivity index (χ2v) is 12.6. The maximum atomic E-state index is 13.9. The van der Waals surface area contributed by atoms with Crippen molar-refractivity contribution in [2.24, 2.45) is 4.99 Å². The van der Waals surface area contributed by atoms with Crippen molar-refractivity contribution in [3.63, 3.8) is 0 Å². The van der Waals surface area contributed by atoms with E-state index in [4.69, 9.17) is 14.5 Å². The van der Waals surface area contributed by atoms with Crippen LogP contribution in [0.3, 0.4) is 0 Å². The van der Waals surface area contributed by atoms with Gasteiger partial charge in [-0.2, -0.15) is 0 Å². The Labute approximate surface area is 232 Å². The summed E-state index contributed by atoms with van der Waals surface area (Å²) in [5.41, 5.74) is 1.77. The molecular formula is C24H26BrFN4O6S2. The van der Waals surface area contributed by atoms with Gasteiger partial charge in [-0.15, -0.1) is 11.3 Å². The van der Waals surface area contributed by atoms with Gasteiger partial charge in [0.15, 0.2) is 20.7 Å². The van der Waals surface area contributed by atoms with Gasteiger partial charge >= 0.3 is 11.9 Å². The molecule has 3 heterocycles. The number of nitrogens with one attached hydrogen (secondary N) is 1. The quantitative estimate of drug-likeness (QED) is 0.438. The molecule has 1 N–H and O–H groups in total. The fourth-order valence-corrected chi connectivity index (χ4v) is 6.69. The van der Waals surface area contributed by atoms with Crippen molar-refractivity contribution in [2.45, 2.75) is 19.4 Å². The first-order valence-corrected chi connectivity index (χ1v) is 15.2. The molecule has 1 aromatic carbocycles. The van der Waals surface area contributed by atoms with Crippen LogP contribution in [0.4, 0.5) is 4.39 Å². The van der Waals surface area contributed by atoms with Crippen LogP contribution in [0.15, 0.2) is 44.3 Å². The summed E-state index contributed by atoms with van der Waals surface area (Å²) < 4.78 is 48.4. The number of rotatable bonds is 8. The number of halogens is 2. The summed E-state index contributed by atoms with van der Waals surface area (Å²) in [6.07, 6.45) is -0.00770. The Morgan fingerprint density at radius 2 is 2.03 bits per heavy atom. The van der Waals surface area contributed by atoms with Gasteiger partial charge in [-0.1, -0.05) is 22.0 Å². The fourth-order valence-electron chi connectivity index (χ4n) is 4.08. The second-order valence-electron chi connectivity index (χ2n) is 8.61. The van der Waals surface area contributed by atoms with Crippen LogP contribution in [0.2, 0.25) is 0 Å². The summed E-state index contributed by atoms with van der Waals surface area (Å²) >= 11 is 4.66. The lowest BCUT2D eigenvalue weighted by atomic mass is 9.95. The number of thiazole rings is 1. The highest BCUT2D eigenvalue weighted by molar-refractivity contribution is 9.10. The van der Waals surface area contributed by atoms with Crippen molar-refractivity contribution in [2.75, 3.05) is 44.9 Å². The number of nitrogens with zero attached hydrogens (tertiary/aromatic N) is 3. The largest absolute Gasteiger partial charge is 0.469 e. The van der Waals surface area contributed by atoms with Gasteiger partial charge < -0.3 is 14.8 Å². The van der Waals surface area contributed by atoms with E-state index in [1.165, 1.54) is 30.6 Å². The molecule has 1 atom stereocenters. The number of carbonyl (C=O) groups is 2. The van der Waals surface area contributed by atoms with E-state index in [0.29, 0.717) is 45.4 Å². The Morgan fingerprint density at radius 3 is 2.68 bits per heavy atom. The molecule has 0 saturated carbocycles. The zero-order valence-electron chi connectivity index (χ0n) is 20.7. The standard InChI is InChI=1S/C24H26BrFN4O6S2/c1-3-36-24(32)20-18(12-30-6-8-38(33,34)9-7-30)28-22(23-27-15(13-37-23)11-19(31)35-2)29-21(20)16-5-4-14(26)10-17(16)25/h4-5,10,13,21H,3,6-9,11-12H2,1-2H3,(H,28,29). The molecular weight excluding hydrogens is 603 g/mol. The Balaban J connectivity index is 1.78. The number of amidine groups is 1. The number of sulfone groups is 1. The average Bonchev–Trinajstić information content (AvgIpc) is 3.33. The highest BCUT2D eigenvalue weighted by atomic mass is 79.9. The zero-order valence-corrected chi connectivity index (χ0v) is 23.9. The Bertz CT molecular complexity index is 1390. The number of aromatic nitrogens is 1. The predicted octanol–water partition coefficient (Wildman–Crippen LogP) is 2.40. The zero-order chi connectivity index (χ0) is 27.4. The minimum absolute atomic E-state index is 0.00770. The summed E-state index contributed by atoms with van der Waals surface area (Å²) in [6, 6.07) is 3.26. The third-order valence-corrected chi connectivity index (χ3v) is 9.20. The van der Waals surface area contributed by atoms with Crippen molar-refractivity contribution < 1.29 is 31.9 Å². The van der Waals surface area contributed by atoms with Crippen LogP contribution in [0.5, 0.6) is 0 Å². The van der Waals surface area contributed by atoms with E-state index in [9.17, 15) is 22.4 Å².